The minimum absolute atomic E-state index is 0.178. The van der Waals surface area contributed by atoms with Gasteiger partial charge in [0.25, 0.3) is 0 Å². The summed E-state index contributed by atoms with van der Waals surface area (Å²) in [5.74, 6) is -0.296. The van der Waals surface area contributed by atoms with Gasteiger partial charge in [-0.1, -0.05) is 42.8 Å². The molecule has 0 bridgehead atoms. The summed E-state index contributed by atoms with van der Waals surface area (Å²) in [7, 11) is 0. The number of rotatable bonds is 5. The van der Waals surface area contributed by atoms with E-state index in [-0.39, 0.29) is 18.1 Å². The average molecular weight is 455 g/mol. The molecule has 0 atom stereocenters. The monoisotopic (exact) mass is 454 g/mol. The van der Waals surface area contributed by atoms with Crippen LogP contribution in [0.4, 0.5) is 5.69 Å². The third-order valence-electron chi connectivity index (χ3n) is 6.16. The number of fused-ring (bicyclic) bond motifs is 3. The van der Waals surface area contributed by atoms with Crippen LogP contribution in [0.1, 0.15) is 29.2 Å². The van der Waals surface area contributed by atoms with Gasteiger partial charge < -0.3 is 5.32 Å². The molecule has 172 valence electrons. The summed E-state index contributed by atoms with van der Waals surface area (Å²) >= 11 is 0. The zero-order valence-electron chi connectivity index (χ0n) is 19.7. The Kier molecular flexibility index (Phi) is 5.28. The van der Waals surface area contributed by atoms with Crippen molar-refractivity contribution in [1.82, 2.24) is 23.8 Å². The molecule has 3 aromatic heterocycles. The molecule has 5 aromatic rings. The first kappa shape index (κ1) is 21.6. The minimum atomic E-state index is -0.373. The van der Waals surface area contributed by atoms with Crippen molar-refractivity contribution in [3.63, 3.8) is 0 Å². The Morgan fingerprint density at radius 2 is 1.82 bits per heavy atom. The number of hydrogen-bond donors (Lipinski definition) is 1. The molecule has 0 aliphatic carbocycles. The van der Waals surface area contributed by atoms with Gasteiger partial charge in [0.1, 0.15) is 12.1 Å². The fraction of sp³-hybridized carbons (Fsp3) is 0.231. The quantitative estimate of drug-likeness (QED) is 0.436. The molecule has 1 N–H and O–H groups in total. The lowest BCUT2D eigenvalue weighted by Gasteiger charge is -2.12. The number of carbonyl (C=O) groups excluding carboxylic acids is 1. The second kappa shape index (κ2) is 8.30. The maximum atomic E-state index is 13.0. The van der Waals surface area contributed by atoms with E-state index in [0.29, 0.717) is 11.2 Å². The summed E-state index contributed by atoms with van der Waals surface area (Å²) in [6.07, 6.45) is 4.15. The van der Waals surface area contributed by atoms with Crippen molar-refractivity contribution < 1.29 is 4.79 Å². The lowest BCUT2D eigenvalue weighted by molar-refractivity contribution is -0.117. The van der Waals surface area contributed by atoms with Crippen LogP contribution in [0.3, 0.4) is 0 Å². The zero-order chi connectivity index (χ0) is 24.0. The summed E-state index contributed by atoms with van der Waals surface area (Å²) in [5, 5.41) is 12.1. The van der Waals surface area contributed by atoms with E-state index in [1.165, 1.54) is 9.08 Å². The summed E-state index contributed by atoms with van der Waals surface area (Å²) in [6, 6.07) is 14.1. The molecule has 34 heavy (non-hydrogen) atoms. The second-order valence-corrected chi connectivity index (χ2v) is 8.62. The largest absolute Gasteiger partial charge is 0.350 e. The Hall–Kier alpha value is -4.20. The third-order valence-corrected chi connectivity index (χ3v) is 6.16. The van der Waals surface area contributed by atoms with Gasteiger partial charge in [-0.05, 0) is 56.0 Å². The van der Waals surface area contributed by atoms with Gasteiger partial charge in [-0.15, -0.1) is 5.10 Å². The van der Waals surface area contributed by atoms with E-state index in [9.17, 15) is 9.59 Å². The summed E-state index contributed by atoms with van der Waals surface area (Å²) in [5.41, 5.74) is 7.71. The minimum Gasteiger partial charge on any atom is -0.324 e. The van der Waals surface area contributed by atoms with Gasteiger partial charge in [0.05, 0.1) is 5.69 Å². The van der Waals surface area contributed by atoms with Gasteiger partial charge in [0.2, 0.25) is 5.91 Å². The molecule has 0 aliphatic heterocycles. The fourth-order valence-corrected chi connectivity index (χ4v) is 4.30. The van der Waals surface area contributed by atoms with E-state index < -0.39 is 0 Å². The van der Waals surface area contributed by atoms with Crippen molar-refractivity contribution in [2.75, 3.05) is 5.32 Å². The molecule has 2 aromatic carbocycles. The van der Waals surface area contributed by atoms with E-state index in [4.69, 9.17) is 5.10 Å². The molecule has 1 amide bonds. The Bertz CT molecular complexity index is 1620. The number of nitrogens with zero attached hydrogens (tertiary/aromatic N) is 5. The highest BCUT2D eigenvalue weighted by molar-refractivity contribution is 5.92. The summed E-state index contributed by atoms with van der Waals surface area (Å²) < 4.78 is 4.35. The molecular weight excluding hydrogens is 428 g/mol. The predicted octanol–water partition coefficient (Wildman–Crippen LogP) is 3.94. The molecule has 5 rings (SSSR count). The smallest absolute Gasteiger partial charge is 0.324 e. The van der Waals surface area contributed by atoms with Gasteiger partial charge in [-0.3, -0.25) is 4.79 Å². The van der Waals surface area contributed by atoms with Gasteiger partial charge in [0.15, 0.2) is 5.65 Å². The second-order valence-electron chi connectivity index (χ2n) is 8.62. The molecule has 3 heterocycles. The maximum absolute atomic E-state index is 13.0. The van der Waals surface area contributed by atoms with Crippen LogP contribution in [-0.2, 0) is 17.8 Å². The van der Waals surface area contributed by atoms with E-state index in [0.717, 1.165) is 45.6 Å². The highest BCUT2D eigenvalue weighted by Gasteiger charge is 2.17. The van der Waals surface area contributed by atoms with Gasteiger partial charge >= 0.3 is 5.69 Å². The Morgan fingerprint density at radius 3 is 2.62 bits per heavy atom. The Morgan fingerprint density at radius 1 is 1.00 bits per heavy atom. The van der Waals surface area contributed by atoms with Crippen molar-refractivity contribution in [3.8, 4) is 11.3 Å². The van der Waals surface area contributed by atoms with Crippen LogP contribution in [-0.4, -0.2) is 29.7 Å². The normalized spacial score (nSPS) is 11.4. The third kappa shape index (κ3) is 3.67. The lowest BCUT2D eigenvalue weighted by atomic mass is 10.0. The van der Waals surface area contributed by atoms with Crippen LogP contribution in [0.5, 0.6) is 0 Å². The number of hydrogen-bond acceptors (Lipinski definition) is 4. The van der Waals surface area contributed by atoms with Crippen molar-refractivity contribution in [2.45, 2.75) is 40.7 Å². The summed E-state index contributed by atoms with van der Waals surface area (Å²) in [4.78, 5) is 25.8. The lowest BCUT2D eigenvalue weighted by Crippen LogP contribution is -2.28. The molecule has 8 heteroatoms. The highest BCUT2D eigenvalue weighted by atomic mass is 16.2. The van der Waals surface area contributed by atoms with Crippen molar-refractivity contribution in [1.29, 1.82) is 0 Å². The highest BCUT2D eigenvalue weighted by Crippen LogP contribution is 2.25. The first-order valence-corrected chi connectivity index (χ1v) is 11.3. The number of anilines is 1. The van der Waals surface area contributed by atoms with Crippen LogP contribution in [0.2, 0.25) is 0 Å². The zero-order valence-corrected chi connectivity index (χ0v) is 19.7. The number of aryl methyl sites for hydroxylation is 4. The molecular formula is C26H26N6O2. The van der Waals surface area contributed by atoms with Gasteiger partial charge in [0, 0.05) is 23.6 Å². The van der Waals surface area contributed by atoms with Gasteiger partial charge in [-0.25, -0.2) is 18.4 Å². The Labute approximate surface area is 196 Å². The van der Waals surface area contributed by atoms with E-state index >= 15 is 0 Å². The average Bonchev–Trinajstić information content (AvgIpc) is 3.38. The molecule has 0 unspecified atom stereocenters. The van der Waals surface area contributed by atoms with E-state index in [2.05, 4.69) is 28.6 Å². The Balaban J connectivity index is 1.51. The topological polar surface area (TPSA) is 85.7 Å². The van der Waals surface area contributed by atoms with Gasteiger partial charge in [-0.2, -0.15) is 5.10 Å². The van der Waals surface area contributed by atoms with Crippen LogP contribution in [0.15, 0.2) is 59.7 Å². The van der Waals surface area contributed by atoms with Crippen LogP contribution >= 0.6 is 0 Å². The SMILES string of the molecule is CCc1cccc(C)c1NC(=O)Cn1nc2c3cc(-c4cc(C)ccc4C)nn3ccn2c1=O. The fourth-order valence-electron chi connectivity index (χ4n) is 4.30. The van der Waals surface area contributed by atoms with E-state index in [1.807, 2.05) is 52.0 Å². The maximum Gasteiger partial charge on any atom is 0.350 e. The van der Waals surface area contributed by atoms with Crippen molar-refractivity contribution >= 4 is 22.8 Å². The molecule has 0 saturated carbocycles. The number of benzene rings is 2. The van der Waals surface area contributed by atoms with Crippen molar-refractivity contribution in [2.24, 2.45) is 0 Å². The first-order valence-electron chi connectivity index (χ1n) is 11.3. The molecule has 0 fully saturated rings. The van der Waals surface area contributed by atoms with Crippen LogP contribution < -0.4 is 11.0 Å². The first-order chi connectivity index (χ1) is 16.4. The molecule has 0 radical (unpaired) electrons. The predicted molar refractivity (Wildman–Crippen MR) is 132 cm³/mol. The number of amides is 1. The van der Waals surface area contributed by atoms with Crippen LogP contribution in [0, 0.1) is 20.8 Å². The molecule has 0 spiro atoms. The summed E-state index contributed by atoms with van der Waals surface area (Å²) in [6.45, 7) is 7.91. The number of para-hydroxylation sites is 1. The molecule has 0 saturated heterocycles. The standard InChI is InChI=1S/C26H26N6O2/c1-5-19-8-6-7-18(4)24(19)27-23(33)15-32-26(34)30-11-12-31-22(25(30)29-32)14-21(28-31)20-13-16(2)9-10-17(20)3/h6-14H,5,15H2,1-4H3,(H,27,33). The van der Waals surface area contributed by atoms with Crippen LogP contribution in [0.25, 0.3) is 22.4 Å². The number of nitrogens with one attached hydrogen (secondary N) is 1. The molecule has 0 aliphatic rings. The van der Waals surface area contributed by atoms with Crippen molar-refractivity contribution in [3.05, 3.63) is 87.6 Å². The number of aromatic nitrogens is 5. The van der Waals surface area contributed by atoms with E-state index in [1.54, 1.807) is 16.9 Å². The number of carbonyl (C=O) groups is 1. The molecule has 8 nitrogen and oxygen atoms in total.